The van der Waals surface area contributed by atoms with Crippen LogP contribution in [0.2, 0.25) is 0 Å². The lowest BCUT2D eigenvalue weighted by Gasteiger charge is -2.36. The lowest BCUT2D eigenvalue weighted by molar-refractivity contribution is -0.127. The van der Waals surface area contributed by atoms with Crippen molar-refractivity contribution in [2.75, 3.05) is 19.6 Å². The molecule has 0 aromatic heterocycles. The normalized spacial score (nSPS) is 23.9. The molecule has 3 unspecified atom stereocenters. The number of likely N-dealkylation sites (tertiary alicyclic amines) is 1. The molecular weight excluding hydrogens is 238 g/mol. The van der Waals surface area contributed by atoms with Crippen molar-refractivity contribution in [2.24, 2.45) is 11.7 Å². The highest BCUT2D eigenvalue weighted by Crippen LogP contribution is 2.20. The smallest absolute Gasteiger partial charge is 0.237 e. The molecule has 3 atom stereocenters. The molecule has 1 fully saturated rings. The third-order valence-corrected chi connectivity index (χ3v) is 4.16. The van der Waals surface area contributed by atoms with Crippen LogP contribution < -0.4 is 11.1 Å². The fourth-order valence-electron chi connectivity index (χ4n) is 2.95. The summed E-state index contributed by atoms with van der Waals surface area (Å²) in [6.45, 7) is 9.08. The molecule has 1 aliphatic rings. The van der Waals surface area contributed by atoms with Crippen molar-refractivity contribution in [3.63, 3.8) is 0 Å². The van der Waals surface area contributed by atoms with Gasteiger partial charge in [0.1, 0.15) is 0 Å². The molecule has 4 heteroatoms. The van der Waals surface area contributed by atoms with Crippen molar-refractivity contribution in [3.8, 4) is 0 Å². The van der Waals surface area contributed by atoms with Crippen molar-refractivity contribution in [1.29, 1.82) is 0 Å². The van der Waals surface area contributed by atoms with Crippen LogP contribution in [0.5, 0.6) is 0 Å². The van der Waals surface area contributed by atoms with Gasteiger partial charge in [0.05, 0.1) is 6.04 Å². The zero-order valence-electron chi connectivity index (χ0n) is 12.8. The van der Waals surface area contributed by atoms with E-state index in [2.05, 4.69) is 24.1 Å². The molecule has 19 heavy (non-hydrogen) atoms. The molecule has 112 valence electrons. The van der Waals surface area contributed by atoms with Gasteiger partial charge >= 0.3 is 0 Å². The van der Waals surface area contributed by atoms with E-state index in [1.54, 1.807) is 0 Å². The van der Waals surface area contributed by atoms with Gasteiger partial charge in [-0.2, -0.15) is 0 Å². The first-order valence-corrected chi connectivity index (χ1v) is 7.83. The van der Waals surface area contributed by atoms with Crippen LogP contribution in [0.3, 0.4) is 0 Å². The summed E-state index contributed by atoms with van der Waals surface area (Å²) < 4.78 is 0. The van der Waals surface area contributed by atoms with Crippen LogP contribution in [-0.2, 0) is 4.79 Å². The zero-order chi connectivity index (χ0) is 14.3. The maximum absolute atomic E-state index is 12.2. The standard InChI is InChI=1S/C15H31N3O/c1-4-6-12(2)17-15(19)13(3)18-10-5-7-14(11-18)8-9-16/h12-14H,4-11,16H2,1-3H3,(H,17,19). The number of hydrogen-bond acceptors (Lipinski definition) is 3. The highest BCUT2D eigenvalue weighted by molar-refractivity contribution is 5.81. The molecule has 4 nitrogen and oxygen atoms in total. The minimum Gasteiger partial charge on any atom is -0.352 e. The van der Waals surface area contributed by atoms with Gasteiger partial charge in [0, 0.05) is 12.6 Å². The first-order valence-electron chi connectivity index (χ1n) is 7.83. The maximum atomic E-state index is 12.2. The van der Waals surface area contributed by atoms with Gasteiger partial charge in [0.2, 0.25) is 5.91 Å². The number of rotatable bonds is 7. The molecule has 1 rings (SSSR count). The summed E-state index contributed by atoms with van der Waals surface area (Å²) in [6.07, 6.45) is 5.69. The van der Waals surface area contributed by atoms with Crippen LogP contribution in [-0.4, -0.2) is 42.5 Å². The lowest BCUT2D eigenvalue weighted by Crippen LogP contribution is -2.50. The van der Waals surface area contributed by atoms with Crippen LogP contribution in [0.25, 0.3) is 0 Å². The average Bonchev–Trinajstić information content (AvgIpc) is 2.38. The summed E-state index contributed by atoms with van der Waals surface area (Å²) >= 11 is 0. The van der Waals surface area contributed by atoms with Crippen molar-refractivity contribution in [3.05, 3.63) is 0 Å². The van der Waals surface area contributed by atoms with Gasteiger partial charge < -0.3 is 11.1 Å². The van der Waals surface area contributed by atoms with Crippen LogP contribution in [0.15, 0.2) is 0 Å². The molecule has 1 heterocycles. The van der Waals surface area contributed by atoms with E-state index in [9.17, 15) is 4.79 Å². The fourth-order valence-corrected chi connectivity index (χ4v) is 2.95. The number of carbonyl (C=O) groups is 1. The number of hydrogen-bond donors (Lipinski definition) is 2. The van der Waals surface area contributed by atoms with E-state index in [0.29, 0.717) is 5.92 Å². The third-order valence-electron chi connectivity index (χ3n) is 4.16. The summed E-state index contributed by atoms with van der Waals surface area (Å²) in [7, 11) is 0. The summed E-state index contributed by atoms with van der Waals surface area (Å²) in [6, 6.07) is 0.268. The minimum atomic E-state index is -0.0140. The maximum Gasteiger partial charge on any atom is 0.237 e. The van der Waals surface area contributed by atoms with Crippen LogP contribution in [0.4, 0.5) is 0 Å². The van der Waals surface area contributed by atoms with E-state index >= 15 is 0 Å². The van der Waals surface area contributed by atoms with E-state index in [-0.39, 0.29) is 18.0 Å². The summed E-state index contributed by atoms with van der Waals surface area (Å²) in [5.41, 5.74) is 5.64. The minimum absolute atomic E-state index is 0.0140. The number of nitrogens with zero attached hydrogens (tertiary/aromatic N) is 1. The number of amides is 1. The molecular formula is C15H31N3O. The SMILES string of the molecule is CCCC(C)NC(=O)C(C)N1CCCC(CCN)C1. The second-order valence-corrected chi connectivity index (χ2v) is 5.95. The molecule has 0 aromatic rings. The molecule has 0 saturated carbocycles. The van der Waals surface area contributed by atoms with E-state index < -0.39 is 0 Å². The quantitative estimate of drug-likeness (QED) is 0.740. The van der Waals surface area contributed by atoms with E-state index in [1.807, 2.05) is 6.92 Å². The van der Waals surface area contributed by atoms with E-state index in [0.717, 1.165) is 38.9 Å². The Hall–Kier alpha value is -0.610. The van der Waals surface area contributed by atoms with Crippen molar-refractivity contribution >= 4 is 5.91 Å². The Labute approximate surface area is 118 Å². The average molecular weight is 269 g/mol. The molecule has 0 spiro atoms. The van der Waals surface area contributed by atoms with Gasteiger partial charge in [-0.05, 0) is 58.5 Å². The van der Waals surface area contributed by atoms with Crippen molar-refractivity contribution < 1.29 is 4.79 Å². The largest absolute Gasteiger partial charge is 0.352 e. The molecule has 1 saturated heterocycles. The van der Waals surface area contributed by atoms with Gasteiger partial charge in [-0.3, -0.25) is 9.69 Å². The summed E-state index contributed by atoms with van der Waals surface area (Å²) in [5, 5.41) is 3.12. The summed E-state index contributed by atoms with van der Waals surface area (Å²) in [5.74, 6) is 0.844. The first kappa shape index (κ1) is 16.4. The van der Waals surface area contributed by atoms with Crippen molar-refractivity contribution in [2.45, 2.75) is 65.0 Å². The molecule has 1 amide bonds. The Morgan fingerprint density at radius 1 is 1.47 bits per heavy atom. The Bertz CT molecular complexity index is 268. The van der Waals surface area contributed by atoms with Gasteiger partial charge in [0.25, 0.3) is 0 Å². The lowest BCUT2D eigenvalue weighted by atomic mass is 9.94. The number of carbonyl (C=O) groups excluding carboxylic acids is 1. The highest BCUT2D eigenvalue weighted by Gasteiger charge is 2.27. The predicted molar refractivity (Wildman–Crippen MR) is 79.9 cm³/mol. The summed E-state index contributed by atoms with van der Waals surface area (Å²) in [4.78, 5) is 14.5. The van der Waals surface area contributed by atoms with Crippen LogP contribution in [0.1, 0.15) is 52.9 Å². The molecule has 0 aromatic carbocycles. The third kappa shape index (κ3) is 5.49. The molecule has 0 aliphatic carbocycles. The predicted octanol–water partition coefficient (Wildman–Crippen LogP) is 1.74. The molecule has 1 aliphatic heterocycles. The highest BCUT2D eigenvalue weighted by atomic mass is 16.2. The van der Waals surface area contributed by atoms with Crippen LogP contribution in [0, 0.1) is 5.92 Å². The monoisotopic (exact) mass is 269 g/mol. The van der Waals surface area contributed by atoms with Gasteiger partial charge in [-0.15, -0.1) is 0 Å². The Balaban J connectivity index is 2.42. The Kier molecular flexibility index (Phi) is 7.39. The number of piperidine rings is 1. The second-order valence-electron chi connectivity index (χ2n) is 5.95. The second kappa shape index (κ2) is 8.54. The first-order chi connectivity index (χ1) is 9.08. The Morgan fingerprint density at radius 2 is 2.21 bits per heavy atom. The number of nitrogens with two attached hydrogens (primary N) is 1. The molecule has 0 radical (unpaired) electrons. The van der Waals surface area contributed by atoms with E-state index in [4.69, 9.17) is 5.73 Å². The Morgan fingerprint density at radius 3 is 2.84 bits per heavy atom. The number of nitrogens with one attached hydrogen (secondary N) is 1. The van der Waals surface area contributed by atoms with Gasteiger partial charge in [0.15, 0.2) is 0 Å². The van der Waals surface area contributed by atoms with Crippen molar-refractivity contribution in [1.82, 2.24) is 10.2 Å². The topological polar surface area (TPSA) is 58.4 Å². The van der Waals surface area contributed by atoms with Gasteiger partial charge in [-0.25, -0.2) is 0 Å². The zero-order valence-corrected chi connectivity index (χ0v) is 12.8. The molecule has 0 bridgehead atoms. The van der Waals surface area contributed by atoms with E-state index in [1.165, 1.54) is 12.8 Å². The fraction of sp³-hybridized carbons (Fsp3) is 0.933. The molecule has 3 N–H and O–H groups in total. The van der Waals surface area contributed by atoms with Gasteiger partial charge in [-0.1, -0.05) is 13.3 Å². The van der Waals surface area contributed by atoms with Crippen LogP contribution >= 0.6 is 0 Å².